The molecule has 1 aliphatic rings. The van der Waals surface area contributed by atoms with Gasteiger partial charge >= 0.3 is 5.97 Å². The molecule has 0 bridgehead atoms. The second-order valence-corrected chi connectivity index (χ2v) is 5.32. The Morgan fingerprint density at radius 2 is 1.62 bits per heavy atom. The van der Waals surface area contributed by atoms with E-state index in [1.165, 1.54) is 0 Å². The Balaban J connectivity index is 2.94. The van der Waals surface area contributed by atoms with Gasteiger partial charge in [0.1, 0.15) is 42.7 Å². The number of carboxylic acid groups (broad SMARTS) is 1. The maximum Gasteiger partial charge on any atom is 0.335 e. The largest absolute Gasteiger partial charge is 0.479 e. The third-order valence-corrected chi connectivity index (χ3v) is 3.62. The Labute approximate surface area is 135 Å². The van der Waals surface area contributed by atoms with Crippen LogP contribution in [0.25, 0.3) is 0 Å². The van der Waals surface area contributed by atoms with E-state index in [1.807, 2.05) is 0 Å². The first-order valence-corrected chi connectivity index (χ1v) is 6.99. The normalized spacial score (nSPS) is 35.9. The van der Waals surface area contributed by atoms with E-state index in [4.69, 9.17) is 24.8 Å². The predicted octanol–water partition coefficient (Wildman–Crippen LogP) is -5.67. The van der Waals surface area contributed by atoms with Crippen LogP contribution in [0.5, 0.6) is 0 Å². The smallest absolute Gasteiger partial charge is 0.335 e. The molecule has 0 radical (unpaired) electrons. The van der Waals surface area contributed by atoms with Gasteiger partial charge < -0.3 is 55.4 Å². The number of aliphatic hydroxyl groups excluding tert-OH is 8. The summed E-state index contributed by atoms with van der Waals surface area (Å²) in [5.41, 5.74) is 0. The molecule has 9 N–H and O–H groups in total. The highest BCUT2D eigenvalue weighted by atomic mass is 16.7. The van der Waals surface area contributed by atoms with Gasteiger partial charge in [-0.15, -0.1) is 0 Å². The van der Waals surface area contributed by atoms with Crippen LogP contribution in [0.3, 0.4) is 0 Å². The van der Waals surface area contributed by atoms with E-state index in [2.05, 4.69) is 0 Å². The Kier molecular flexibility index (Phi) is 7.88. The minimum absolute atomic E-state index is 0.766. The summed E-state index contributed by atoms with van der Waals surface area (Å²) in [5, 5.41) is 84.5. The maximum absolute atomic E-state index is 10.7. The van der Waals surface area contributed by atoms with Crippen molar-refractivity contribution in [1.29, 1.82) is 0 Å². The fraction of sp³-hybridized carbons (Fsp3) is 0.917. The first-order chi connectivity index (χ1) is 11.1. The van der Waals surface area contributed by atoms with Crippen LogP contribution in [0, 0.1) is 0 Å². The highest BCUT2D eigenvalue weighted by molar-refractivity contribution is 5.72. The van der Waals surface area contributed by atoms with Crippen molar-refractivity contribution in [2.24, 2.45) is 0 Å². The number of carbonyl (C=O) groups is 1. The van der Waals surface area contributed by atoms with Crippen molar-refractivity contribution in [3.05, 3.63) is 0 Å². The van der Waals surface area contributed by atoms with Crippen molar-refractivity contribution in [3.63, 3.8) is 0 Å². The minimum Gasteiger partial charge on any atom is -0.479 e. The lowest BCUT2D eigenvalue weighted by molar-refractivity contribution is -0.326. The third kappa shape index (κ3) is 4.58. The SMILES string of the molecule is O=C(O)[C@@H](O)[C@@H](O)[C@H](O[C@@H]1O[C@H](CO)[C@@H](O)[C@H](O)[C@@H]1O)[C@H](O)CO. The topological polar surface area (TPSA) is 218 Å². The summed E-state index contributed by atoms with van der Waals surface area (Å²) in [6.07, 6.45) is -16.9. The van der Waals surface area contributed by atoms with Crippen molar-refractivity contribution in [3.8, 4) is 0 Å². The molecule has 0 aromatic carbocycles. The molecule has 0 unspecified atom stereocenters. The van der Waals surface area contributed by atoms with Crippen LogP contribution in [-0.4, -0.2) is 120 Å². The van der Waals surface area contributed by atoms with Crippen molar-refractivity contribution in [2.75, 3.05) is 13.2 Å². The molecule has 24 heavy (non-hydrogen) atoms. The molecule has 0 aromatic heterocycles. The molecular formula is C12H22O12. The van der Waals surface area contributed by atoms with E-state index in [0.717, 1.165) is 0 Å². The Morgan fingerprint density at radius 3 is 2.08 bits per heavy atom. The lowest BCUT2D eigenvalue weighted by atomic mass is 9.98. The summed E-state index contributed by atoms with van der Waals surface area (Å²) < 4.78 is 9.98. The molecular weight excluding hydrogens is 336 g/mol. The van der Waals surface area contributed by atoms with Crippen molar-refractivity contribution < 1.29 is 60.2 Å². The van der Waals surface area contributed by atoms with Gasteiger partial charge in [-0.3, -0.25) is 0 Å². The number of hydrogen-bond donors (Lipinski definition) is 9. The summed E-state index contributed by atoms with van der Waals surface area (Å²) in [6.45, 7) is -1.76. The van der Waals surface area contributed by atoms with E-state index in [0.29, 0.717) is 0 Å². The molecule has 0 aromatic rings. The number of aliphatic hydroxyl groups is 8. The first kappa shape index (κ1) is 21.1. The zero-order valence-corrected chi connectivity index (χ0v) is 12.4. The Morgan fingerprint density at radius 1 is 1.04 bits per heavy atom. The number of aliphatic carboxylic acids is 1. The van der Waals surface area contributed by atoms with Gasteiger partial charge in [-0.05, 0) is 0 Å². The molecule has 1 aliphatic heterocycles. The zero-order chi connectivity index (χ0) is 18.6. The summed E-state index contributed by atoms with van der Waals surface area (Å²) in [6, 6.07) is 0. The van der Waals surface area contributed by atoms with Crippen LogP contribution in [0.1, 0.15) is 0 Å². The van der Waals surface area contributed by atoms with E-state index >= 15 is 0 Å². The molecule has 12 heteroatoms. The molecule has 0 aliphatic carbocycles. The van der Waals surface area contributed by atoms with Gasteiger partial charge in [0.15, 0.2) is 12.4 Å². The van der Waals surface area contributed by atoms with Crippen LogP contribution in [-0.2, 0) is 14.3 Å². The Bertz CT molecular complexity index is 403. The average molecular weight is 358 g/mol. The predicted molar refractivity (Wildman–Crippen MR) is 71.4 cm³/mol. The monoisotopic (exact) mass is 358 g/mol. The van der Waals surface area contributed by atoms with Gasteiger partial charge in [0.2, 0.25) is 0 Å². The number of ether oxygens (including phenoxy) is 2. The summed E-state index contributed by atoms with van der Waals surface area (Å²) in [5.74, 6) is -1.84. The van der Waals surface area contributed by atoms with Crippen LogP contribution in [0.4, 0.5) is 0 Å². The second-order valence-electron chi connectivity index (χ2n) is 5.32. The fourth-order valence-electron chi connectivity index (χ4n) is 2.16. The van der Waals surface area contributed by atoms with Crippen LogP contribution in [0.2, 0.25) is 0 Å². The third-order valence-electron chi connectivity index (χ3n) is 3.62. The molecule has 1 rings (SSSR count). The molecule has 1 saturated heterocycles. The lowest BCUT2D eigenvalue weighted by Gasteiger charge is -2.42. The van der Waals surface area contributed by atoms with Gasteiger partial charge in [0.05, 0.1) is 13.2 Å². The lowest BCUT2D eigenvalue weighted by Crippen LogP contribution is -2.61. The first-order valence-electron chi connectivity index (χ1n) is 6.99. The molecule has 0 saturated carbocycles. The number of carboxylic acids is 1. The maximum atomic E-state index is 10.7. The van der Waals surface area contributed by atoms with E-state index in [9.17, 15) is 35.4 Å². The average Bonchev–Trinajstić information content (AvgIpc) is 2.57. The zero-order valence-electron chi connectivity index (χ0n) is 12.4. The molecule has 12 nitrogen and oxygen atoms in total. The van der Waals surface area contributed by atoms with Crippen LogP contribution >= 0.6 is 0 Å². The Hall–Kier alpha value is -0.930. The number of rotatable bonds is 8. The molecule has 1 fully saturated rings. The summed E-state index contributed by atoms with van der Waals surface area (Å²) in [4.78, 5) is 10.7. The number of hydrogen-bond acceptors (Lipinski definition) is 11. The van der Waals surface area contributed by atoms with E-state index in [-0.39, 0.29) is 0 Å². The quantitative estimate of drug-likeness (QED) is 0.198. The summed E-state index contributed by atoms with van der Waals surface area (Å²) >= 11 is 0. The van der Waals surface area contributed by atoms with Crippen molar-refractivity contribution in [1.82, 2.24) is 0 Å². The molecule has 142 valence electrons. The van der Waals surface area contributed by atoms with Crippen molar-refractivity contribution in [2.45, 2.75) is 55.1 Å². The molecule has 0 spiro atoms. The van der Waals surface area contributed by atoms with Gasteiger partial charge in [0, 0.05) is 0 Å². The van der Waals surface area contributed by atoms with E-state index in [1.54, 1.807) is 0 Å². The fourth-order valence-corrected chi connectivity index (χ4v) is 2.16. The highest BCUT2D eigenvalue weighted by Gasteiger charge is 2.47. The van der Waals surface area contributed by atoms with Gasteiger partial charge in [0.25, 0.3) is 0 Å². The second kappa shape index (κ2) is 8.96. The minimum atomic E-state index is -2.39. The highest BCUT2D eigenvalue weighted by Crippen LogP contribution is 2.24. The summed E-state index contributed by atoms with van der Waals surface area (Å²) in [7, 11) is 0. The molecule has 1 heterocycles. The molecule has 0 amide bonds. The van der Waals surface area contributed by atoms with Gasteiger partial charge in [-0.25, -0.2) is 4.79 Å². The molecule has 9 atom stereocenters. The standard InChI is InChI=1S/C12H22O12/c13-1-3(15)10(7(18)8(19)11(21)22)24-12-9(20)6(17)5(16)4(2-14)23-12/h3-10,12-20H,1-2H2,(H,21,22)/t3-,4-,5-,6+,7-,8+,9+,10-,12+/m1/s1. The van der Waals surface area contributed by atoms with Crippen LogP contribution < -0.4 is 0 Å². The van der Waals surface area contributed by atoms with Crippen molar-refractivity contribution >= 4 is 5.97 Å². The van der Waals surface area contributed by atoms with Gasteiger partial charge in [-0.1, -0.05) is 0 Å². The van der Waals surface area contributed by atoms with Gasteiger partial charge in [-0.2, -0.15) is 0 Å². The van der Waals surface area contributed by atoms with E-state index < -0.39 is 74.3 Å². The van der Waals surface area contributed by atoms with Crippen LogP contribution in [0.15, 0.2) is 0 Å².